The number of carbonyl (C=O) groups excluding carboxylic acids is 3. The SMILES string of the molecule is COCCOC(=O)c1c(C)[nH]c(C(=O)NCCC(=O)Nc2cccnc2)c1C. The van der Waals surface area contributed by atoms with Crippen LogP contribution in [0.5, 0.6) is 0 Å². The summed E-state index contributed by atoms with van der Waals surface area (Å²) < 4.78 is 9.97. The van der Waals surface area contributed by atoms with Gasteiger partial charge in [-0.25, -0.2) is 4.79 Å². The van der Waals surface area contributed by atoms with Crippen molar-refractivity contribution in [1.82, 2.24) is 15.3 Å². The number of H-pyrrole nitrogens is 1. The molecule has 0 aromatic carbocycles. The summed E-state index contributed by atoms with van der Waals surface area (Å²) in [6.07, 6.45) is 3.25. The van der Waals surface area contributed by atoms with Crippen LogP contribution in [-0.2, 0) is 14.3 Å². The van der Waals surface area contributed by atoms with Crippen LogP contribution < -0.4 is 10.6 Å². The van der Waals surface area contributed by atoms with Crippen LogP contribution in [0.25, 0.3) is 0 Å². The highest BCUT2D eigenvalue weighted by molar-refractivity contribution is 6.00. The second kappa shape index (κ2) is 10.2. The first-order valence-corrected chi connectivity index (χ1v) is 8.77. The molecule has 0 aliphatic rings. The topological polar surface area (TPSA) is 122 Å². The van der Waals surface area contributed by atoms with Crippen molar-refractivity contribution in [1.29, 1.82) is 0 Å². The minimum absolute atomic E-state index is 0.102. The number of ether oxygens (including phenoxy) is 2. The Kier molecular flexibility index (Phi) is 7.70. The van der Waals surface area contributed by atoms with Gasteiger partial charge in [0.1, 0.15) is 12.3 Å². The summed E-state index contributed by atoms with van der Waals surface area (Å²) in [6.45, 7) is 3.93. The normalized spacial score (nSPS) is 10.4. The Bertz CT molecular complexity index is 832. The van der Waals surface area contributed by atoms with E-state index in [9.17, 15) is 14.4 Å². The van der Waals surface area contributed by atoms with E-state index in [4.69, 9.17) is 9.47 Å². The molecule has 0 saturated carbocycles. The Morgan fingerprint density at radius 3 is 2.68 bits per heavy atom. The lowest BCUT2D eigenvalue weighted by Gasteiger charge is -2.07. The number of hydrogen-bond acceptors (Lipinski definition) is 6. The molecule has 28 heavy (non-hydrogen) atoms. The molecule has 150 valence electrons. The molecule has 9 nitrogen and oxygen atoms in total. The average Bonchev–Trinajstić information content (AvgIpc) is 2.97. The molecular weight excluding hydrogens is 364 g/mol. The molecular formula is C19H24N4O5. The van der Waals surface area contributed by atoms with Crippen LogP contribution in [0.2, 0.25) is 0 Å². The number of rotatable bonds is 9. The van der Waals surface area contributed by atoms with Crippen molar-refractivity contribution in [2.75, 3.05) is 32.2 Å². The zero-order chi connectivity index (χ0) is 20.5. The average molecular weight is 388 g/mol. The van der Waals surface area contributed by atoms with Gasteiger partial charge in [-0.1, -0.05) is 0 Å². The lowest BCUT2D eigenvalue weighted by atomic mass is 10.1. The molecule has 2 rings (SSSR count). The van der Waals surface area contributed by atoms with Crippen LogP contribution in [0.1, 0.15) is 38.5 Å². The predicted octanol–water partition coefficient (Wildman–Crippen LogP) is 1.59. The van der Waals surface area contributed by atoms with E-state index in [0.29, 0.717) is 29.1 Å². The number of amides is 2. The van der Waals surface area contributed by atoms with Crippen LogP contribution in [0, 0.1) is 13.8 Å². The molecule has 0 aliphatic carbocycles. The smallest absolute Gasteiger partial charge is 0.340 e. The van der Waals surface area contributed by atoms with Gasteiger partial charge in [-0.15, -0.1) is 0 Å². The van der Waals surface area contributed by atoms with Gasteiger partial charge < -0.3 is 25.1 Å². The van der Waals surface area contributed by atoms with Gasteiger partial charge in [-0.2, -0.15) is 0 Å². The summed E-state index contributed by atoms with van der Waals surface area (Å²) in [6, 6.07) is 3.44. The molecule has 0 spiro atoms. The van der Waals surface area contributed by atoms with Gasteiger partial charge in [-0.3, -0.25) is 14.6 Å². The number of pyridine rings is 1. The van der Waals surface area contributed by atoms with E-state index in [0.717, 1.165) is 0 Å². The van der Waals surface area contributed by atoms with E-state index in [1.807, 2.05) is 0 Å². The van der Waals surface area contributed by atoms with Crippen molar-refractivity contribution < 1.29 is 23.9 Å². The highest BCUT2D eigenvalue weighted by Crippen LogP contribution is 2.19. The molecule has 0 bridgehead atoms. The fourth-order valence-corrected chi connectivity index (χ4v) is 2.61. The molecule has 2 aromatic rings. The summed E-state index contributed by atoms with van der Waals surface area (Å²) >= 11 is 0. The Morgan fingerprint density at radius 2 is 2.00 bits per heavy atom. The van der Waals surface area contributed by atoms with E-state index >= 15 is 0 Å². The minimum atomic E-state index is -0.516. The number of aromatic amines is 1. The molecule has 0 fully saturated rings. The van der Waals surface area contributed by atoms with Crippen LogP contribution in [0.4, 0.5) is 5.69 Å². The second-order valence-corrected chi connectivity index (χ2v) is 6.05. The zero-order valence-corrected chi connectivity index (χ0v) is 16.1. The van der Waals surface area contributed by atoms with Gasteiger partial charge >= 0.3 is 5.97 Å². The highest BCUT2D eigenvalue weighted by Gasteiger charge is 2.23. The van der Waals surface area contributed by atoms with E-state index in [2.05, 4.69) is 20.6 Å². The van der Waals surface area contributed by atoms with E-state index in [-0.39, 0.29) is 31.2 Å². The molecule has 2 heterocycles. The monoisotopic (exact) mass is 388 g/mol. The van der Waals surface area contributed by atoms with Crippen molar-refractivity contribution in [3.05, 3.63) is 47.0 Å². The van der Waals surface area contributed by atoms with Crippen LogP contribution in [0.15, 0.2) is 24.5 Å². The number of nitrogens with zero attached hydrogens (tertiary/aromatic N) is 1. The number of aryl methyl sites for hydroxylation is 1. The predicted molar refractivity (Wildman–Crippen MR) is 102 cm³/mol. The number of methoxy groups -OCH3 is 1. The maximum absolute atomic E-state index is 12.4. The van der Waals surface area contributed by atoms with Crippen molar-refractivity contribution in [2.45, 2.75) is 20.3 Å². The minimum Gasteiger partial charge on any atom is -0.460 e. The summed E-state index contributed by atoms with van der Waals surface area (Å²) in [7, 11) is 1.51. The van der Waals surface area contributed by atoms with Crippen LogP contribution >= 0.6 is 0 Å². The van der Waals surface area contributed by atoms with Crippen LogP contribution in [0.3, 0.4) is 0 Å². The quantitative estimate of drug-likeness (QED) is 0.443. The molecule has 0 aliphatic heterocycles. The Balaban J connectivity index is 1.89. The first-order valence-electron chi connectivity index (χ1n) is 8.77. The maximum atomic E-state index is 12.4. The van der Waals surface area contributed by atoms with Crippen molar-refractivity contribution in [3.8, 4) is 0 Å². The van der Waals surface area contributed by atoms with E-state index < -0.39 is 11.9 Å². The third-order valence-electron chi connectivity index (χ3n) is 3.97. The molecule has 3 N–H and O–H groups in total. The number of carbonyl (C=O) groups is 3. The van der Waals surface area contributed by atoms with Crippen molar-refractivity contribution in [2.24, 2.45) is 0 Å². The van der Waals surface area contributed by atoms with Gasteiger partial charge in [0, 0.05) is 32.0 Å². The van der Waals surface area contributed by atoms with Crippen molar-refractivity contribution >= 4 is 23.5 Å². The number of hydrogen-bond donors (Lipinski definition) is 3. The first kappa shape index (κ1) is 21.1. The lowest BCUT2D eigenvalue weighted by molar-refractivity contribution is -0.116. The van der Waals surface area contributed by atoms with E-state index in [1.54, 1.807) is 32.2 Å². The van der Waals surface area contributed by atoms with Crippen LogP contribution in [-0.4, -0.2) is 54.6 Å². The first-order chi connectivity index (χ1) is 13.4. The Morgan fingerprint density at radius 1 is 1.21 bits per heavy atom. The molecule has 0 radical (unpaired) electrons. The summed E-state index contributed by atoms with van der Waals surface area (Å²) in [5.74, 6) is -1.15. The maximum Gasteiger partial charge on any atom is 0.340 e. The van der Waals surface area contributed by atoms with Gasteiger partial charge in [-0.05, 0) is 31.5 Å². The van der Waals surface area contributed by atoms with E-state index in [1.165, 1.54) is 13.3 Å². The van der Waals surface area contributed by atoms with Gasteiger partial charge in [0.2, 0.25) is 5.91 Å². The van der Waals surface area contributed by atoms with Gasteiger partial charge in [0.05, 0.1) is 24.1 Å². The largest absolute Gasteiger partial charge is 0.460 e. The third-order valence-corrected chi connectivity index (χ3v) is 3.97. The number of aromatic nitrogens is 2. The highest BCUT2D eigenvalue weighted by atomic mass is 16.6. The molecule has 0 saturated heterocycles. The van der Waals surface area contributed by atoms with Gasteiger partial charge in [0.25, 0.3) is 5.91 Å². The summed E-state index contributed by atoms with van der Waals surface area (Å²) in [5.41, 5.74) is 2.22. The number of esters is 1. The fourth-order valence-electron chi connectivity index (χ4n) is 2.61. The van der Waals surface area contributed by atoms with Gasteiger partial charge in [0.15, 0.2) is 0 Å². The third kappa shape index (κ3) is 5.65. The molecule has 9 heteroatoms. The van der Waals surface area contributed by atoms with Crippen molar-refractivity contribution in [3.63, 3.8) is 0 Å². The second-order valence-electron chi connectivity index (χ2n) is 6.05. The molecule has 2 amide bonds. The molecule has 0 unspecified atom stereocenters. The summed E-state index contributed by atoms with van der Waals surface area (Å²) in [4.78, 5) is 43.3. The summed E-state index contributed by atoms with van der Waals surface area (Å²) in [5, 5.41) is 5.36. The molecule has 2 aromatic heterocycles. The Labute approximate surface area is 162 Å². The molecule has 0 atom stereocenters. The standard InChI is InChI=1S/C19H24N4O5/c1-12-16(19(26)28-10-9-27-3)13(2)22-17(12)18(25)21-8-6-15(24)23-14-5-4-7-20-11-14/h4-5,7,11,22H,6,8-10H2,1-3H3,(H,21,25)(H,23,24). The fraction of sp³-hybridized carbons (Fsp3) is 0.368. The Hall–Kier alpha value is -3.20. The number of anilines is 1. The lowest BCUT2D eigenvalue weighted by Crippen LogP contribution is -2.28. The number of nitrogens with one attached hydrogen (secondary N) is 3. The zero-order valence-electron chi connectivity index (χ0n) is 16.1.